The van der Waals surface area contributed by atoms with Crippen LogP contribution < -0.4 is 0 Å². The summed E-state index contributed by atoms with van der Waals surface area (Å²) in [6.45, 7) is 6.66. The summed E-state index contributed by atoms with van der Waals surface area (Å²) >= 11 is 1.51. The molecule has 156 valence electrons. The Kier molecular flexibility index (Phi) is 6.43. The van der Waals surface area contributed by atoms with Gasteiger partial charge in [0.2, 0.25) is 0 Å². The summed E-state index contributed by atoms with van der Waals surface area (Å²) in [5.74, 6) is 1.09. The summed E-state index contributed by atoms with van der Waals surface area (Å²) < 4.78 is 0. The van der Waals surface area contributed by atoms with Crippen molar-refractivity contribution in [2.75, 3.05) is 0 Å². The molecule has 1 aliphatic heterocycles. The SMILES string of the molecule is CC(C)c1ccc(/C=C2\SC(=Nc3ccccc3)N([C@H]3CCCC[C@@H]3C)C2=O)cc1. The van der Waals surface area contributed by atoms with Crippen molar-refractivity contribution < 1.29 is 4.79 Å². The van der Waals surface area contributed by atoms with E-state index in [0.29, 0.717) is 11.8 Å². The third kappa shape index (κ3) is 4.54. The van der Waals surface area contributed by atoms with E-state index in [9.17, 15) is 4.79 Å². The van der Waals surface area contributed by atoms with Gasteiger partial charge in [-0.2, -0.15) is 0 Å². The van der Waals surface area contributed by atoms with Gasteiger partial charge in [-0.1, -0.05) is 76.1 Å². The normalized spacial score (nSPS) is 24.9. The summed E-state index contributed by atoms with van der Waals surface area (Å²) in [5, 5.41) is 0.815. The number of benzene rings is 2. The molecule has 0 N–H and O–H groups in total. The van der Waals surface area contributed by atoms with Crippen LogP contribution in [0.4, 0.5) is 5.69 Å². The van der Waals surface area contributed by atoms with Crippen molar-refractivity contribution in [1.29, 1.82) is 0 Å². The molecule has 4 heteroatoms. The summed E-state index contributed by atoms with van der Waals surface area (Å²) in [7, 11) is 0. The Morgan fingerprint density at radius 2 is 1.73 bits per heavy atom. The van der Waals surface area contributed by atoms with Gasteiger partial charge >= 0.3 is 0 Å². The van der Waals surface area contributed by atoms with Crippen LogP contribution in [-0.4, -0.2) is 22.0 Å². The van der Waals surface area contributed by atoms with Gasteiger partial charge in [0.15, 0.2) is 5.17 Å². The van der Waals surface area contributed by atoms with E-state index in [0.717, 1.165) is 27.7 Å². The highest BCUT2D eigenvalue weighted by atomic mass is 32.2. The third-order valence-corrected chi connectivity index (χ3v) is 7.10. The monoisotopic (exact) mass is 418 g/mol. The zero-order valence-electron chi connectivity index (χ0n) is 18.0. The van der Waals surface area contributed by atoms with E-state index in [-0.39, 0.29) is 11.9 Å². The van der Waals surface area contributed by atoms with Crippen LogP contribution in [0.5, 0.6) is 0 Å². The van der Waals surface area contributed by atoms with Crippen LogP contribution in [-0.2, 0) is 4.79 Å². The highest BCUT2D eigenvalue weighted by Gasteiger charge is 2.41. The molecule has 4 rings (SSSR count). The Bertz CT molecular complexity index is 947. The van der Waals surface area contributed by atoms with Gasteiger partial charge in [0, 0.05) is 6.04 Å². The Hall–Kier alpha value is -2.33. The number of nitrogens with zero attached hydrogens (tertiary/aromatic N) is 2. The average Bonchev–Trinajstić information content (AvgIpc) is 3.04. The van der Waals surface area contributed by atoms with E-state index in [1.54, 1.807) is 0 Å². The molecule has 2 fully saturated rings. The molecule has 0 radical (unpaired) electrons. The fourth-order valence-electron chi connectivity index (χ4n) is 4.28. The first-order valence-corrected chi connectivity index (χ1v) is 11.8. The topological polar surface area (TPSA) is 32.7 Å². The van der Waals surface area contributed by atoms with Crippen LogP contribution in [0.3, 0.4) is 0 Å². The first kappa shape index (κ1) is 20.9. The van der Waals surface area contributed by atoms with Gasteiger partial charge in [0.25, 0.3) is 5.91 Å². The Labute approximate surface area is 184 Å². The molecule has 2 aliphatic rings. The summed E-state index contributed by atoms with van der Waals surface area (Å²) in [6.07, 6.45) is 6.68. The lowest BCUT2D eigenvalue weighted by Crippen LogP contribution is -2.44. The highest BCUT2D eigenvalue weighted by Crippen LogP contribution is 2.40. The van der Waals surface area contributed by atoms with Crippen LogP contribution in [0.2, 0.25) is 0 Å². The molecule has 0 unspecified atom stereocenters. The van der Waals surface area contributed by atoms with E-state index in [1.165, 1.54) is 36.6 Å². The molecule has 1 saturated carbocycles. The molecule has 1 heterocycles. The molecule has 2 atom stereocenters. The molecular formula is C26H30N2OS. The van der Waals surface area contributed by atoms with Gasteiger partial charge < -0.3 is 0 Å². The molecule has 2 aromatic rings. The van der Waals surface area contributed by atoms with Crippen LogP contribution in [0.1, 0.15) is 63.5 Å². The number of amidine groups is 1. The molecule has 0 bridgehead atoms. The maximum Gasteiger partial charge on any atom is 0.267 e. The second-order valence-corrected chi connectivity index (χ2v) is 9.68. The zero-order chi connectivity index (χ0) is 21.1. The lowest BCUT2D eigenvalue weighted by Gasteiger charge is -2.35. The number of hydrogen-bond acceptors (Lipinski definition) is 3. The summed E-state index contributed by atoms with van der Waals surface area (Å²) in [6, 6.07) is 18.7. The predicted molar refractivity (Wildman–Crippen MR) is 128 cm³/mol. The predicted octanol–water partition coefficient (Wildman–Crippen LogP) is 6.99. The Morgan fingerprint density at radius 1 is 1.03 bits per heavy atom. The first-order valence-electron chi connectivity index (χ1n) is 11.0. The average molecular weight is 419 g/mol. The van der Waals surface area contributed by atoms with Gasteiger partial charge in [-0.05, 0) is 65.8 Å². The fraction of sp³-hybridized carbons (Fsp3) is 0.385. The highest BCUT2D eigenvalue weighted by molar-refractivity contribution is 8.18. The van der Waals surface area contributed by atoms with Crippen LogP contribution in [0.15, 0.2) is 64.5 Å². The van der Waals surface area contributed by atoms with E-state index in [4.69, 9.17) is 4.99 Å². The summed E-state index contributed by atoms with van der Waals surface area (Å²) in [5.41, 5.74) is 3.27. The largest absolute Gasteiger partial charge is 0.283 e. The molecular weight excluding hydrogens is 388 g/mol. The maximum absolute atomic E-state index is 13.5. The number of carbonyl (C=O) groups excluding carboxylic acids is 1. The van der Waals surface area contributed by atoms with Crippen molar-refractivity contribution in [3.05, 3.63) is 70.6 Å². The van der Waals surface area contributed by atoms with Gasteiger partial charge in [0.1, 0.15) is 0 Å². The number of rotatable bonds is 4. The lowest BCUT2D eigenvalue weighted by molar-refractivity contribution is -0.124. The van der Waals surface area contributed by atoms with E-state index >= 15 is 0 Å². The van der Waals surface area contributed by atoms with Crippen LogP contribution in [0.25, 0.3) is 6.08 Å². The minimum atomic E-state index is 0.0985. The second-order valence-electron chi connectivity index (χ2n) is 8.67. The smallest absolute Gasteiger partial charge is 0.267 e. The second kappa shape index (κ2) is 9.22. The third-order valence-electron chi connectivity index (χ3n) is 6.12. The van der Waals surface area contributed by atoms with Crippen molar-refractivity contribution in [2.24, 2.45) is 10.9 Å². The molecule has 1 saturated heterocycles. The number of amides is 1. The van der Waals surface area contributed by atoms with Crippen LogP contribution in [0, 0.1) is 5.92 Å². The molecule has 2 aromatic carbocycles. The number of aliphatic imine (C=N–C) groups is 1. The number of hydrogen-bond donors (Lipinski definition) is 0. The molecule has 1 amide bonds. The van der Waals surface area contributed by atoms with Crippen molar-refractivity contribution in [3.8, 4) is 0 Å². The maximum atomic E-state index is 13.5. The van der Waals surface area contributed by atoms with Crippen molar-refractivity contribution >= 4 is 34.6 Å². The van der Waals surface area contributed by atoms with Gasteiger partial charge in [-0.25, -0.2) is 4.99 Å². The molecule has 0 spiro atoms. The van der Waals surface area contributed by atoms with Crippen molar-refractivity contribution in [1.82, 2.24) is 4.90 Å². The number of thioether (sulfide) groups is 1. The minimum absolute atomic E-state index is 0.0985. The number of para-hydroxylation sites is 1. The molecule has 0 aromatic heterocycles. The standard InChI is InChI=1S/C26H30N2OS/c1-18(2)21-15-13-20(14-16-21)17-24-25(29)28(23-12-8-7-9-19(23)3)26(30-24)27-22-10-5-4-6-11-22/h4-6,10-11,13-19,23H,7-9,12H2,1-3H3/b24-17-,27-26?/t19-,23-/m0/s1. The minimum Gasteiger partial charge on any atom is -0.283 e. The van der Waals surface area contributed by atoms with Gasteiger partial charge in [0.05, 0.1) is 10.6 Å². The van der Waals surface area contributed by atoms with Crippen LogP contribution >= 0.6 is 11.8 Å². The van der Waals surface area contributed by atoms with Crippen molar-refractivity contribution in [3.63, 3.8) is 0 Å². The summed E-state index contributed by atoms with van der Waals surface area (Å²) in [4.78, 5) is 21.1. The van der Waals surface area contributed by atoms with E-state index in [2.05, 4.69) is 45.0 Å². The first-order chi connectivity index (χ1) is 14.5. The number of carbonyl (C=O) groups is 1. The van der Waals surface area contributed by atoms with Gasteiger partial charge in [-0.3, -0.25) is 9.69 Å². The molecule has 3 nitrogen and oxygen atoms in total. The molecule has 30 heavy (non-hydrogen) atoms. The lowest BCUT2D eigenvalue weighted by atomic mass is 9.85. The van der Waals surface area contributed by atoms with E-state index in [1.807, 2.05) is 41.3 Å². The Morgan fingerprint density at radius 3 is 2.40 bits per heavy atom. The van der Waals surface area contributed by atoms with Crippen molar-refractivity contribution in [2.45, 2.75) is 58.4 Å². The quantitative estimate of drug-likeness (QED) is 0.501. The van der Waals surface area contributed by atoms with E-state index < -0.39 is 0 Å². The van der Waals surface area contributed by atoms with Gasteiger partial charge in [-0.15, -0.1) is 0 Å². The zero-order valence-corrected chi connectivity index (χ0v) is 18.9. The fourth-order valence-corrected chi connectivity index (χ4v) is 5.32. The Balaban J connectivity index is 1.68. The molecule has 1 aliphatic carbocycles.